The van der Waals surface area contributed by atoms with Crippen molar-refractivity contribution in [3.05, 3.63) is 35.4 Å². The first-order valence-electron chi connectivity index (χ1n) is 6.24. The van der Waals surface area contributed by atoms with E-state index in [1.807, 2.05) is 0 Å². The summed E-state index contributed by atoms with van der Waals surface area (Å²) in [5.74, 6) is -1.33. The van der Waals surface area contributed by atoms with E-state index in [2.05, 4.69) is 5.32 Å². The number of hydrogen-bond acceptors (Lipinski definition) is 3. The maximum absolute atomic E-state index is 12.1. The zero-order valence-electron chi connectivity index (χ0n) is 11.8. The molecule has 0 heterocycles. The fraction of sp³-hybridized carbons (Fsp3) is 0.429. The van der Waals surface area contributed by atoms with Crippen molar-refractivity contribution in [1.29, 1.82) is 0 Å². The minimum Gasteiger partial charge on any atom is -0.480 e. The summed E-state index contributed by atoms with van der Waals surface area (Å²) in [7, 11) is -0.989. The molecule has 5 nitrogen and oxygen atoms in total. The van der Waals surface area contributed by atoms with E-state index < -0.39 is 28.7 Å². The molecule has 0 aliphatic rings. The van der Waals surface area contributed by atoms with Crippen LogP contribution in [0.1, 0.15) is 29.8 Å². The number of rotatable bonds is 6. The van der Waals surface area contributed by atoms with Gasteiger partial charge in [-0.05, 0) is 23.6 Å². The Morgan fingerprint density at radius 1 is 1.35 bits per heavy atom. The molecule has 0 saturated carbocycles. The molecule has 0 aliphatic heterocycles. The second-order valence-electron chi connectivity index (χ2n) is 4.95. The van der Waals surface area contributed by atoms with Crippen LogP contribution in [0.25, 0.3) is 0 Å². The Kier molecular flexibility index (Phi) is 5.88. The van der Waals surface area contributed by atoms with E-state index in [0.717, 1.165) is 5.56 Å². The number of amides is 1. The van der Waals surface area contributed by atoms with Crippen LogP contribution in [0.3, 0.4) is 0 Å². The molecule has 0 saturated heterocycles. The Bertz CT molecular complexity index is 528. The summed E-state index contributed by atoms with van der Waals surface area (Å²) in [6.07, 6.45) is 1.59. The van der Waals surface area contributed by atoms with Crippen molar-refractivity contribution < 1.29 is 18.9 Å². The van der Waals surface area contributed by atoms with Crippen molar-refractivity contribution >= 4 is 22.7 Å². The number of carbonyl (C=O) groups excluding carboxylic acids is 1. The van der Waals surface area contributed by atoms with E-state index in [1.165, 1.54) is 0 Å². The van der Waals surface area contributed by atoms with Gasteiger partial charge in [0.1, 0.15) is 6.04 Å². The fourth-order valence-electron chi connectivity index (χ4n) is 1.78. The predicted molar refractivity (Wildman–Crippen MR) is 77.9 cm³/mol. The molecule has 20 heavy (non-hydrogen) atoms. The quantitative estimate of drug-likeness (QED) is 0.831. The highest BCUT2D eigenvalue weighted by Gasteiger charge is 2.23. The van der Waals surface area contributed by atoms with Gasteiger partial charge in [0.15, 0.2) is 0 Å². The van der Waals surface area contributed by atoms with E-state index in [1.54, 1.807) is 44.4 Å². The van der Waals surface area contributed by atoms with Crippen LogP contribution in [0.2, 0.25) is 0 Å². The molecular formula is C14H19NO4S. The summed E-state index contributed by atoms with van der Waals surface area (Å²) in [4.78, 5) is 23.1. The highest BCUT2D eigenvalue weighted by molar-refractivity contribution is 7.83. The van der Waals surface area contributed by atoms with Crippen LogP contribution in [0.4, 0.5) is 0 Å². The lowest BCUT2D eigenvalue weighted by atomic mass is 10.0. The summed E-state index contributed by atoms with van der Waals surface area (Å²) in [6, 6.07) is 5.80. The van der Waals surface area contributed by atoms with Crippen LogP contribution in [0, 0.1) is 5.92 Å². The molecule has 0 bridgehead atoms. The molecule has 0 aliphatic carbocycles. The van der Waals surface area contributed by atoms with Gasteiger partial charge >= 0.3 is 5.97 Å². The van der Waals surface area contributed by atoms with Gasteiger partial charge in [-0.1, -0.05) is 26.0 Å². The monoisotopic (exact) mass is 297 g/mol. The number of carbonyl (C=O) groups is 2. The van der Waals surface area contributed by atoms with Gasteiger partial charge < -0.3 is 10.4 Å². The van der Waals surface area contributed by atoms with Gasteiger partial charge in [0.25, 0.3) is 5.91 Å². The zero-order valence-corrected chi connectivity index (χ0v) is 12.6. The second-order valence-corrected chi connectivity index (χ2v) is 6.39. The van der Waals surface area contributed by atoms with E-state index in [4.69, 9.17) is 5.11 Å². The lowest BCUT2D eigenvalue weighted by molar-refractivity contribution is -0.140. The summed E-state index contributed by atoms with van der Waals surface area (Å²) >= 11 is 0. The lowest BCUT2D eigenvalue weighted by Crippen LogP contribution is -2.44. The Hall–Kier alpha value is -1.69. The SMILES string of the molecule is CC(C)[C@@H](NC(=O)c1cccc(CS(C)=O)c1)C(=O)O. The zero-order chi connectivity index (χ0) is 15.3. The smallest absolute Gasteiger partial charge is 0.326 e. The molecule has 1 unspecified atom stereocenters. The molecule has 2 N–H and O–H groups in total. The third-order valence-electron chi connectivity index (χ3n) is 2.78. The first-order chi connectivity index (χ1) is 9.31. The van der Waals surface area contributed by atoms with Crippen molar-refractivity contribution in [1.82, 2.24) is 5.32 Å². The van der Waals surface area contributed by atoms with E-state index in [9.17, 15) is 13.8 Å². The van der Waals surface area contributed by atoms with E-state index in [-0.39, 0.29) is 5.92 Å². The third-order valence-corrected chi connectivity index (χ3v) is 3.52. The second kappa shape index (κ2) is 7.19. The van der Waals surface area contributed by atoms with Gasteiger partial charge in [-0.3, -0.25) is 9.00 Å². The third kappa shape index (κ3) is 4.77. The van der Waals surface area contributed by atoms with Crippen LogP contribution in [-0.4, -0.2) is 33.5 Å². The van der Waals surface area contributed by atoms with Gasteiger partial charge in [0.05, 0.1) is 0 Å². The van der Waals surface area contributed by atoms with Crippen molar-refractivity contribution in [3.63, 3.8) is 0 Å². The molecule has 0 spiro atoms. The summed E-state index contributed by atoms with van der Waals surface area (Å²) in [6.45, 7) is 3.46. The van der Waals surface area contributed by atoms with Crippen LogP contribution >= 0.6 is 0 Å². The molecule has 1 rings (SSSR count). The van der Waals surface area contributed by atoms with Crippen molar-refractivity contribution in [2.45, 2.75) is 25.6 Å². The van der Waals surface area contributed by atoms with E-state index >= 15 is 0 Å². The molecule has 1 amide bonds. The van der Waals surface area contributed by atoms with Gasteiger partial charge in [-0.2, -0.15) is 0 Å². The van der Waals surface area contributed by atoms with Gasteiger partial charge in [0, 0.05) is 28.4 Å². The predicted octanol–water partition coefficient (Wildman–Crippen LogP) is 1.40. The largest absolute Gasteiger partial charge is 0.480 e. The Labute approximate surface area is 120 Å². The Morgan fingerprint density at radius 3 is 2.50 bits per heavy atom. The lowest BCUT2D eigenvalue weighted by Gasteiger charge is -2.18. The first kappa shape index (κ1) is 16.4. The summed E-state index contributed by atoms with van der Waals surface area (Å²) in [5, 5.41) is 11.6. The maximum atomic E-state index is 12.1. The number of nitrogens with one attached hydrogen (secondary N) is 1. The number of carboxylic acids is 1. The Morgan fingerprint density at radius 2 is 2.00 bits per heavy atom. The standard InChI is InChI=1S/C14H19NO4S/c1-9(2)12(14(17)18)15-13(16)11-6-4-5-10(7-11)8-20(3)19/h4-7,9,12H,8H2,1-3H3,(H,15,16)(H,17,18)/t12-,20?/m1/s1. The average Bonchev–Trinajstić information content (AvgIpc) is 2.34. The van der Waals surface area contributed by atoms with Crippen molar-refractivity contribution in [2.24, 2.45) is 5.92 Å². The number of carboxylic acid groups (broad SMARTS) is 1. The van der Waals surface area contributed by atoms with Crippen LogP contribution < -0.4 is 5.32 Å². The molecule has 2 atom stereocenters. The molecular weight excluding hydrogens is 278 g/mol. The number of benzene rings is 1. The molecule has 110 valence electrons. The van der Waals surface area contributed by atoms with Crippen molar-refractivity contribution in [2.75, 3.05) is 6.26 Å². The molecule has 1 aromatic carbocycles. The van der Waals surface area contributed by atoms with Gasteiger partial charge in [-0.15, -0.1) is 0 Å². The topological polar surface area (TPSA) is 83.5 Å². The number of aliphatic carboxylic acids is 1. The van der Waals surface area contributed by atoms with E-state index in [0.29, 0.717) is 11.3 Å². The molecule has 0 aromatic heterocycles. The van der Waals surface area contributed by atoms with Crippen LogP contribution in [-0.2, 0) is 21.3 Å². The van der Waals surface area contributed by atoms with Crippen molar-refractivity contribution in [3.8, 4) is 0 Å². The fourth-order valence-corrected chi connectivity index (χ4v) is 2.42. The van der Waals surface area contributed by atoms with Crippen LogP contribution in [0.5, 0.6) is 0 Å². The molecule has 1 aromatic rings. The molecule has 0 radical (unpaired) electrons. The number of hydrogen-bond donors (Lipinski definition) is 2. The highest BCUT2D eigenvalue weighted by Crippen LogP contribution is 2.09. The molecule has 0 fully saturated rings. The minimum absolute atomic E-state index is 0.206. The first-order valence-corrected chi connectivity index (χ1v) is 7.96. The summed E-state index contributed by atoms with van der Waals surface area (Å²) < 4.78 is 11.2. The highest BCUT2D eigenvalue weighted by atomic mass is 32.2. The van der Waals surface area contributed by atoms with Gasteiger partial charge in [0.2, 0.25) is 0 Å². The van der Waals surface area contributed by atoms with Crippen LogP contribution in [0.15, 0.2) is 24.3 Å². The average molecular weight is 297 g/mol. The Balaban J connectivity index is 2.86. The molecule has 6 heteroatoms. The normalized spacial score (nSPS) is 13.8. The minimum atomic E-state index is -1.06. The maximum Gasteiger partial charge on any atom is 0.326 e. The van der Waals surface area contributed by atoms with Gasteiger partial charge in [-0.25, -0.2) is 4.79 Å². The summed E-state index contributed by atoms with van der Waals surface area (Å²) in [5.41, 5.74) is 1.16.